The Balaban J connectivity index is 1.52. The third kappa shape index (κ3) is 2.81. The van der Waals surface area contributed by atoms with Gasteiger partial charge in [-0.25, -0.2) is 4.98 Å². The summed E-state index contributed by atoms with van der Waals surface area (Å²) in [4.78, 5) is 8.93. The van der Waals surface area contributed by atoms with Gasteiger partial charge in [0.25, 0.3) is 0 Å². The summed E-state index contributed by atoms with van der Waals surface area (Å²) in [6.45, 7) is 0.956. The van der Waals surface area contributed by atoms with Gasteiger partial charge in [0, 0.05) is 41.8 Å². The molecule has 4 aromatic rings. The van der Waals surface area contributed by atoms with Gasteiger partial charge in [-0.15, -0.1) is 0 Å². The summed E-state index contributed by atoms with van der Waals surface area (Å²) in [7, 11) is 0. The molecule has 136 valence electrons. The number of aromatic nitrogens is 5. The number of rotatable bonds is 4. The number of phenols is 1. The molecular formula is C20H20N6O. The molecule has 3 aromatic heterocycles. The number of aromatic hydroxyl groups is 1. The van der Waals surface area contributed by atoms with Crippen molar-refractivity contribution >= 4 is 11.6 Å². The number of para-hydroxylation sites is 1. The van der Waals surface area contributed by atoms with Crippen molar-refractivity contribution in [2.45, 2.75) is 25.8 Å². The van der Waals surface area contributed by atoms with Crippen LogP contribution in [0.1, 0.15) is 19.3 Å². The fourth-order valence-electron chi connectivity index (χ4n) is 3.52. The minimum absolute atomic E-state index is 0.186. The highest BCUT2D eigenvalue weighted by molar-refractivity contribution is 5.75. The van der Waals surface area contributed by atoms with Gasteiger partial charge in [0.05, 0.1) is 11.9 Å². The molecule has 3 heterocycles. The summed E-state index contributed by atoms with van der Waals surface area (Å²) < 4.78 is 3.82. The van der Waals surface area contributed by atoms with Gasteiger partial charge >= 0.3 is 0 Å². The van der Waals surface area contributed by atoms with E-state index < -0.39 is 0 Å². The van der Waals surface area contributed by atoms with E-state index in [-0.39, 0.29) is 5.75 Å². The molecule has 7 nitrogen and oxygen atoms in total. The molecule has 1 aliphatic carbocycles. The van der Waals surface area contributed by atoms with Crippen molar-refractivity contribution in [2.75, 3.05) is 5.73 Å². The molecule has 0 amide bonds. The Labute approximate surface area is 156 Å². The first-order chi connectivity index (χ1) is 13.2. The maximum atomic E-state index is 10.1. The molecule has 3 N–H and O–H groups in total. The van der Waals surface area contributed by atoms with Crippen molar-refractivity contribution in [2.24, 2.45) is 5.92 Å². The van der Waals surface area contributed by atoms with Crippen molar-refractivity contribution in [1.82, 2.24) is 24.1 Å². The average Bonchev–Trinajstić information content (AvgIpc) is 3.24. The van der Waals surface area contributed by atoms with E-state index in [1.807, 2.05) is 46.0 Å². The van der Waals surface area contributed by atoms with Crippen molar-refractivity contribution in [3.05, 3.63) is 49.1 Å². The number of hydrogen-bond donors (Lipinski definition) is 2. The molecule has 1 aromatic carbocycles. The van der Waals surface area contributed by atoms with Gasteiger partial charge in [-0.05, 0) is 30.9 Å². The minimum Gasteiger partial charge on any atom is -0.507 e. The van der Waals surface area contributed by atoms with Gasteiger partial charge in [0.15, 0.2) is 0 Å². The van der Waals surface area contributed by atoms with Crippen LogP contribution in [0.25, 0.3) is 28.2 Å². The molecule has 0 saturated heterocycles. The highest BCUT2D eigenvalue weighted by Gasteiger charge is 2.19. The highest BCUT2D eigenvalue weighted by atomic mass is 16.3. The standard InChI is InChI=1S/C20H20N6O/c21-19-16(14-8-22-26(10-14)9-13-4-3-5-13)11-25-12-17(23-20(25)24-19)15-6-1-2-7-18(15)27/h1-2,6-8,10-13,27H,3-5,9H2,(H2,21,23,24). The SMILES string of the molecule is Nc1nc2nc(-c3ccccc3O)cn2cc1-c1cnn(CC2CCC2)c1. The summed E-state index contributed by atoms with van der Waals surface area (Å²) in [5.41, 5.74) is 9.27. The summed E-state index contributed by atoms with van der Waals surface area (Å²) in [6.07, 6.45) is 11.5. The zero-order chi connectivity index (χ0) is 18.4. The van der Waals surface area contributed by atoms with Crippen LogP contribution in [-0.4, -0.2) is 29.3 Å². The fraction of sp³-hybridized carbons (Fsp3) is 0.250. The molecule has 1 fully saturated rings. The van der Waals surface area contributed by atoms with Crippen LogP contribution in [0.2, 0.25) is 0 Å². The quantitative estimate of drug-likeness (QED) is 0.582. The zero-order valence-electron chi connectivity index (χ0n) is 14.8. The molecule has 5 rings (SSSR count). The van der Waals surface area contributed by atoms with E-state index in [0.29, 0.717) is 22.9 Å². The van der Waals surface area contributed by atoms with Gasteiger partial charge in [-0.2, -0.15) is 10.1 Å². The topological polar surface area (TPSA) is 94.3 Å². The van der Waals surface area contributed by atoms with Gasteiger partial charge in [0.1, 0.15) is 11.6 Å². The lowest BCUT2D eigenvalue weighted by Gasteiger charge is -2.24. The largest absolute Gasteiger partial charge is 0.507 e. The molecule has 1 aliphatic rings. The lowest BCUT2D eigenvalue weighted by molar-refractivity contribution is 0.266. The van der Waals surface area contributed by atoms with E-state index in [2.05, 4.69) is 15.1 Å². The maximum Gasteiger partial charge on any atom is 0.236 e. The van der Waals surface area contributed by atoms with Gasteiger partial charge < -0.3 is 10.8 Å². The molecule has 27 heavy (non-hydrogen) atoms. The van der Waals surface area contributed by atoms with Gasteiger partial charge in [-0.3, -0.25) is 9.08 Å². The molecule has 0 bridgehead atoms. The van der Waals surface area contributed by atoms with E-state index in [1.165, 1.54) is 19.3 Å². The van der Waals surface area contributed by atoms with Crippen molar-refractivity contribution < 1.29 is 5.11 Å². The number of nitrogens with two attached hydrogens (primary N) is 1. The van der Waals surface area contributed by atoms with Crippen LogP contribution in [-0.2, 0) is 6.54 Å². The molecule has 0 aliphatic heterocycles. The van der Waals surface area contributed by atoms with E-state index in [1.54, 1.807) is 12.1 Å². The third-order valence-corrected chi connectivity index (χ3v) is 5.27. The Morgan fingerprint density at radius 3 is 2.70 bits per heavy atom. The van der Waals surface area contributed by atoms with E-state index in [4.69, 9.17) is 5.73 Å². The van der Waals surface area contributed by atoms with Crippen molar-refractivity contribution in [1.29, 1.82) is 0 Å². The van der Waals surface area contributed by atoms with Gasteiger partial charge in [0.2, 0.25) is 5.78 Å². The van der Waals surface area contributed by atoms with Gasteiger partial charge in [-0.1, -0.05) is 18.6 Å². The Kier molecular flexibility index (Phi) is 3.60. The predicted molar refractivity (Wildman–Crippen MR) is 103 cm³/mol. The summed E-state index contributed by atoms with van der Waals surface area (Å²) in [6, 6.07) is 7.11. The first-order valence-corrected chi connectivity index (χ1v) is 9.14. The monoisotopic (exact) mass is 360 g/mol. The molecule has 0 unspecified atom stereocenters. The third-order valence-electron chi connectivity index (χ3n) is 5.27. The van der Waals surface area contributed by atoms with Crippen LogP contribution in [0, 0.1) is 5.92 Å². The fourth-order valence-corrected chi connectivity index (χ4v) is 3.52. The Hall–Kier alpha value is -3.35. The summed E-state index contributed by atoms with van der Waals surface area (Å²) >= 11 is 0. The van der Waals surface area contributed by atoms with Crippen LogP contribution in [0.4, 0.5) is 5.82 Å². The number of benzene rings is 1. The first-order valence-electron chi connectivity index (χ1n) is 9.14. The second kappa shape index (κ2) is 6.12. The van der Waals surface area contributed by atoms with Crippen molar-refractivity contribution in [3.63, 3.8) is 0 Å². The number of nitrogen functional groups attached to an aromatic ring is 1. The van der Waals surface area contributed by atoms with Crippen LogP contribution in [0.15, 0.2) is 49.1 Å². The Morgan fingerprint density at radius 1 is 1.07 bits per heavy atom. The molecular weight excluding hydrogens is 340 g/mol. The molecule has 0 spiro atoms. The Bertz CT molecular complexity index is 1120. The second-order valence-electron chi connectivity index (χ2n) is 7.14. The molecule has 1 saturated carbocycles. The number of hydrogen-bond acceptors (Lipinski definition) is 5. The summed E-state index contributed by atoms with van der Waals surface area (Å²) in [5.74, 6) is 1.84. The van der Waals surface area contributed by atoms with Crippen molar-refractivity contribution in [3.8, 4) is 28.1 Å². The van der Waals surface area contributed by atoms with Crippen LogP contribution >= 0.6 is 0 Å². The summed E-state index contributed by atoms with van der Waals surface area (Å²) in [5, 5.41) is 14.5. The van der Waals surface area contributed by atoms with E-state index in [9.17, 15) is 5.11 Å². The molecule has 0 radical (unpaired) electrons. The lowest BCUT2D eigenvalue weighted by Crippen LogP contribution is -2.18. The smallest absolute Gasteiger partial charge is 0.236 e. The van der Waals surface area contributed by atoms with Crippen LogP contribution in [0.5, 0.6) is 5.75 Å². The normalized spacial score (nSPS) is 14.5. The average molecular weight is 360 g/mol. The van der Waals surface area contributed by atoms with E-state index >= 15 is 0 Å². The highest BCUT2D eigenvalue weighted by Crippen LogP contribution is 2.31. The minimum atomic E-state index is 0.186. The predicted octanol–water partition coefficient (Wildman–Crippen LogP) is 3.35. The number of fused-ring (bicyclic) bond motifs is 1. The number of anilines is 1. The van der Waals surface area contributed by atoms with Crippen LogP contribution in [0.3, 0.4) is 0 Å². The lowest BCUT2D eigenvalue weighted by atomic mass is 9.85. The van der Waals surface area contributed by atoms with Crippen LogP contribution < -0.4 is 5.73 Å². The zero-order valence-corrected chi connectivity index (χ0v) is 14.8. The number of nitrogens with zero attached hydrogens (tertiary/aromatic N) is 5. The first kappa shape index (κ1) is 15.9. The van der Waals surface area contributed by atoms with E-state index in [0.717, 1.165) is 23.6 Å². The molecule has 7 heteroatoms. The number of phenolic OH excluding ortho intramolecular Hbond substituents is 1. The number of imidazole rings is 1. The Morgan fingerprint density at radius 2 is 1.93 bits per heavy atom. The maximum absolute atomic E-state index is 10.1. The molecule has 0 atom stereocenters. The second-order valence-corrected chi connectivity index (χ2v) is 7.14.